The van der Waals surface area contributed by atoms with Gasteiger partial charge in [0, 0.05) is 29.1 Å². The van der Waals surface area contributed by atoms with Crippen molar-refractivity contribution in [2.24, 2.45) is 0 Å². The first-order valence-electron chi connectivity index (χ1n) is 17.1. The normalized spacial score (nSPS) is 16.1. The molecule has 3 aromatic carbocycles. The van der Waals surface area contributed by atoms with Crippen LogP contribution in [0.4, 0.5) is 19.0 Å². The zero-order valence-corrected chi connectivity index (χ0v) is 28.7. The number of thiophene rings is 1. The van der Waals surface area contributed by atoms with Gasteiger partial charge in [-0.2, -0.15) is 16.4 Å². The fourth-order valence-electron chi connectivity index (χ4n) is 7.33. The van der Waals surface area contributed by atoms with Crippen LogP contribution >= 0.6 is 11.3 Å². The number of rotatable bonds is 9. The molecule has 0 bridgehead atoms. The lowest BCUT2D eigenvalue weighted by atomic mass is 9.77. The van der Waals surface area contributed by atoms with E-state index in [1.54, 1.807) is 16.1 Å². The predicted octanol–water partition coefficient (Wildman–Crippen LogP) is 8.97. The summed E-state index contributed by atoms with van der Waals surface area (Å²) in [6.45, 7) is 0. The molecule has 11 heteroatoms. The van der Waals surface area contributed by atoms with Crippen LogP contribution in [-0.4, -0.2) is 37.7 Å². The van der Waals surface area contributed by atoms with Gasteiger partial charge >= 0.3 is 0 Å². The van der Waals surface area contributed by atoms with Crippen LogP contribution in [0.2, 0.25) is 0 Å². The fraction of sp³-hybridized carbons (Fsp3) is 0.171. The highest BCUT2D eigenvalue weighted by atomic mass is 32.1. The van der Waals surface area contributed by atoms with Crippen molar-refractivity contribution >= 4 is 34.1 Å². The summed E-state index contributed by atoms with van der Waals surface area (Å²) >= 11 is 1.45. The average molecular weight is 715 g/mol. The number of halogens is 3. The molecule has 2 unspecified atom stereocenters. The van der Waals surface area contributed by atoms with Gasteiger partial charge in [0.15, 0.2) is 23.1 Å². The maximum absolute atomic E-state index is 16.0. The van der Waals surface area contributed by atoms with Gasteiger partial charge < -0.3 is 10.6 Å². The number of hydrogen-bond donors (Lipinski definition) is 2. The summed E-state index contributed by atoms with van der Waals surface area (Å²) in [5.74, 6) is -2.77. The minimum absolute atomic E-state index is 0.0132. The summed E-state index contributed by atoms with van der Waals surface area (Å²) in [5, 5.41) is 15.1. The summed E-state index contributed by atoms with van der Waals surface area (Å²) in [6, 6.07) is 32.7. The van der Waals surface area contributed by atoms with Crippen LogP contribution in [0.3, 0.4) is 0 Å². The van der Waals surface area contributed by atoms with Crippen LogP contribution in [0.5, 0.6) is 0 Å². The van der Waals surface area contributed by atoms with E-state index >= 15 is 13.2 Å². The van der Waals surface area contributed by atoms with E-state index in [-0.39, 0.29) is 46.2 Å². The quantitative estimate of drug-likeness (QED) is 0.146. The van der Waals surface area contributed by atoms with E-state index in [0.717, 1.165) is 41.8 Å². The smallest absolute Gasteiger partial charge is 0.252 e. The lowest BCUT2D eigenvalue weighted by Crippen LogP contribution is -2.41. The second-order valence-corrected chi connectivity index (χ2v) is 13.7. The summed E-state index contributed by atoms with van der Waals surface area (Å²) in [5.41, 5.74) is 2.01. The lowest BCUT2D eigenvalue weighted by Gasteiger charge is -2.36. The molecule has 7 nitrogen and oxygen atoms in total. The number of hydrogen-bond acceptors (Lipinski definition) is 6. The zero-order valence-electron chi connectivity index (χ0n) is 27.8. The van der Waals surface area contributed by atoms with E-state index in [2.05, 4.69) is 20.6 Å². The van der Waals surface area contributed by atoms with Gasteiger partial charge in [0.2, 0.25) is 0 Å². The van der Waals surface area contributed by atoms with Crippen molar-refractivity contribution in [1.82, 2.24) is 25.1 Å². The van der Waals surface area contributed by atoms with E-state index in [9.17, 15) is 4.79 Å². The maximum atomic E-state index is 16.0. The van der Waals surface area contributed by atoms with Crippen LogP contribution < -0.4 is 10.6 Å². The zero-order chi connectivity index (χ0) is 35.7. The van der Waals surface area contributed by atoms with Crippen LogP contribution in [0, 0.1) is 17.5 Å². The lowest BCUT2D eigenvalue weighted by molar-refractivity contribution is 0.0927. The number of benzene rings is 3. The molecule has 260 valence electrons. The van der Waals surface area contributed by atoms with Gasteiger partial charge in [-0.05, 0) is 59.9 Å². The van der Waals surface area contributed by atoms with Gasteiger partial charge in [0.25, 0.3) is 5.91 Å². The molecule has 1 aliphatic carbocycles. The highest BCUT2D eigenvalue weighted by Crippen LogP contribution is 2.44. The van der Waals surface area contributed by atoms with Crippen molar-refractivity contribution in [2.75, 3.05) is 5.32 Å². The molecule has 4 aromatic heterocycles. The standard InChI is InChI=1S/C41H33F3N6OS/c42-30-21-33-36(37-34(43)23-35(44)38(48-37)46-31-17-10-18-32(22-31)47-40(51)26-19-20-52-25-26)49-50(39(33)45-24-30)41(27-11-4-1-5-12-27,28-13-6-2-7-14-28)29-15-8-3-9-16-29/h1-9,11-16,19-21,23-25,31-32H,10,17-18,22H2,(H,46,48)(H,47,51). The van der Waals surface area contributed by atoms with Gasteiger partial charge in [0.1, 0.15) is 22.7 Å². The Morgan fingerprint density at radius 2 is 1.42 bits per heavy atom. The van der Waals surface area contributed by atoms with Crippen molar-refractivity contribution in [3.05, 3.63) is 166 Å². The van der Waals surface area contributed by atoms with Crippen molar-refractivity contribution in [3.8, 4) is 11.4 Å². The molecule has 0 aliphatic heterocycles. The highest BCUT2D eigenvalue weighted by molar-refractivity contribution is 7.08. The molecule has 1 saturated carbocycles. The molecule has 52 heavy (non-hydrogen) atoms. The van der Waals surface area contributed by atoms with Gasteiger partial charge in [0.05, 0.1) is 11.6 Å². The number of carbonyl (C=O) groups is 1. The molecular formula is C41H33F3N6OS. The summed E-state index contributed by atoms with van der Waals surface area (Å²) in [4.78, 5) is 21.7. The number of nitrogens with zero attached hydrogens (tertiary/aromatic N) is 4. The first-order chi connectivity index (χ1) is 25.4. The Morgan fingerprint density at radius 1 is 0.788 bits per heavy atom. The van der Waals surface area contributed by atoms with Crippen LogP contribution in [0.1, 0.15) is 52.7 Å². The fourth-order valence-corrected chi connectivity index (χ4v) is 7.97. The van der Waals surface area contributed by atoms with Gasteiger partial charge in [-0.1, -0.05) is 91.0 Å². The van der Waals surface area contributed by atoms with Gasteiger partial charge in [-0.25, -0.2) is 27.8 Å². The van der Waals surface area contributed by atoms with E-state index < -0.39 is 23.0 Å². The third-order valence-corrected chi connectivity index (χ3v) is 10.4. The van der Waals surface area contributed by atoms with Gasteiger partial charge in [-0.15, -0.1) is 0 Å². The van der Waals surface area contributed by atoms with Crippen LogP contribution in [-0.2, 0) is 5.54 Å². The molecular weight excluding hydrogens is 682 g/mol. The maximum Gasteiger partial charge on any atom is 0.252 e. The SMILES string of the molecule is O=C(NC1CCCC(Nc2nc(-c3nn(C(c4ccccc4)(c4ccccc4)c4ccccc4)c4ncc(F)cc34)c(F)cc2F)C1)c1ccsc1. The molecule has 8 rings (SSSR count). The summed E-state index contributed by atoms with van der Waals surface area (Å²) < 4.78 is 48.2. The number of nitrogens with one attached hydrogen (secondary N) is 2. The first kappa shape index (κ1) is 33.3. The summed E-state index contributed by atoms with van der Waals surface area (Å²) in [7, 11) is 0. The number of pyridine rings is 2. The van der Waals surface area contributed by atoms with Crippen LogP contribution in [0.25, 0.3) is 22.4 Å². The van der Waals surface area contributed by atoms with Crippen molar-refractivity contribution in [3.63, 3.8) is 0 Å². The average Bonchev–Trinajstić information content (AvgIpc) is 3.84. The molecule has 4 heterocycles. The molecule has 2 N–H and O–H groups in total. The topological polar surface area (TPSA) is 84.7 Å². The van der Waals surface area contributed by atoms with E-state index in [1.807, 2.05) is 96.4 Å². The molecule has 0 saturated heterocycles. The minimum Gasteiger partial charge on any atom is -0.365 e. The van der Waals surface area contributed by atoms with E-state index in [1.165, 1.54) is 17.4 Å². The molecule has 0 radical (unpaired) electrons. The molecule has 7 aromatic rings. The second-order valence-electron chi connectivity index (χ2n) is 12.9. The Hall–Kier alpha value is -5.81. The Kier molecular flexibility index (Phi) is 9.02. The Balaban J connectivity index is 1.25. The van der Waals surface area contributed by atoms with Crippen molar-refractivity contribution in [1.29, 1.82) is 0 Å². The Bertz CT molecular complexity index is 2240. The molecule has 1 amide bonds. The third kappa shape index (κ3) is 6.11. The minimum atomic E-state index is -1.15. The Morgan fingerprint density at radius 3 is 2.04 bits per heavy atom. The predicted molar refractivity (Wildman–Crippen MR) is 197 cm³/mol. The van der Waals surface area contributed by atoms with Gasteiger partial charge in [-0.3, -0.25) is 4.79 Å². The van der Waals surface area contributed by atoms with Crippen molar-refractivity contribution in [2.45, 2.75) is 43.3 Å². The highest BCUT2D eigenvalue weighted by Gasteiger charge is 2.42. The van der Waals surface area contributed by atoms with E-state index in [4.69, 9.17) is 5.10 Å². The molecule has 1 aliphatic rings. The van der Waals surface area contributed by atoms with E-state index in [0.29, 0.717) is 18.4 Å². The number of fused-ring (bicyclic) bond motifs is 1. The number of aromatic nitrogens is 4. The number of anilines is 1. The largest absolute Gasteiger partial charge is 0.365 e. The van der Waals surface area contributed by atoms with Crippen molar-refractivity contribution < 1.29 is 18.0 Å². The third-order valence-electron chi connectivity index (χ3n) is 9.67. The second kappa shape index (κ2) is 14.1. The summed E-state index contributed by atoms with van der Waals surface area (Å²) in [6.07, 6.45) is 3.92. The number of amides is 1. The first-order valence-corrected chi connectivity index (χ1v) is 18.0. The molecule has 2 atom stereocenters. The van der Waals surface area contributed by atoms with Crippen LogP contribution in [0.15, 0.2) is 126 Å². The monoisotopic (exact) mass is 714 g/mol. The molecule has 1 fully saturated rings. The number of carbonyl (C=O) groups excluding carboxylic acids is 1. The molecule has 0 spiro atoms. The Labute approximate surface area is 302 Å².